The molecule has 12 heteroatoms. The summed E-state index contributed by atoms with van der Waals surface area (Å²) >= 11 is 5.64. The van der Waals surface area contributed by atoms with Crippen molar-refractivity contribution in [2.45, 2.75) is 18.4 Å². The Bertz CT molecular complexity index is 871. The molecule has 0 fully saturated rings. The Balaban J connectivity index is 0.000000308. The molecule has 0 amide bonds. The van der Waals surface area contributed by atoms with E-state index >= 15 is 0 Å². The first-order chi connectivity index (χ1) is 13.3. The van der Waals surface area contributed by atoms with E-state index in [9.17, 15) is 31.5 Å². The Kier molecular flexibility index (Phi) is 7.92. The van der Waals surface area contributed by atoms with E-state index in [0.717, 1.165) is 12.1 Å². The van der Waals surface area contributed by atoms with E-state index in [-0.39, 0.29) is 16.7 Å². The van der Waals surface area contributed by atoms with E-state index < -0.39 is 41.6 Å². The van der Waals surface area contributed by atoms with Gasteiger partial charge in [0.05, 0.1) is 5.56 Å². The Morgan fingerprint density at radius 2 is 1.55 bits per heavy atom. The number of alkyl halides is 5. The van der Waals surface area contributed by atoms with Gasteiger partial charge in [0.1, 0.15) is 5.75 Å². The molecule has 0 heterocycles. The lowest BCUT2D eigenvalue weighted by Crippen LogP contribution is -2.34. The van der Waals surface area contributed by atoms with Crippen LogP contribution in [-0.2, 0) is 15.8 Å². The van der Waals surface area contributed by atoms with Crippen LogP contribution in [0.25, 0.3) is 0 Å². The minimum atomic E-state index is -4.72. The van der Waals surface area contributed by atoms with Crippen molar-refractivity contribution >= 4 is 23.5 Å². The van der Waals surface area contributed by atoms with Crippen LogP contribution in [0.2, 0.25) is 5.02 Å². The second-order valence-electron chi connectivity index (χ2n) is 5.21. The third-order valence-electron chi connectivity index (χ3n) is 3.09. The van der Waals surface area contributed by atoms with E-state index in [4.69, 9.17) is 26.9 Å². The number of aliphatic hydroxyl groups is 1. The van der Waals surface area contributed by atoms with Gasteiger partial charge in [0.2, 0.25) is 0 Å². The fraction of sp³-hybridized carbons (Fsp3) is 0.176. The van der Waals surface area contributed by atoms with Gasteiger partial charge in [0.15, 0.2) is 6.10 Å². The molecule has 0 spiro atoms. The Hall–Kier alpha value is -2.92. The van der Waals surface area contributed by atoms with Crippen LogP contribution in [0.4, 0.5) is 22.0 Å². The van der Waals surface area contributed by atoms with Gasteiger partial charge in [-0.1, -0.05) is 35.9 Å². The van der Waals surface area contributed by atoms with Crippen molar-refractivity contribution in [1.29, 1.82) is 0 Å². The molecule has 0 aliphatic carbocycles. The zero-order valence-electron chi connectivity index (χ0n) is 14.0. The highest BCUT2D eigenvalue weighted by atomic mass is 35.5. The number of rotatable bonds is 5. The molecule has 0 saturated heterocycles. The largest absolute Gasteiger partial charge is 0.501 e. The number of aliphatic hydroxyl groups excluding tert-OH is 1. The van der Waals surface area contributed by atoms with Crippen LogP contribution in [0.15, 0.2) is 48.5 Å². The maximum atomic E-state index is 12.6. The minimum Gasteiger partial charge on any atom is -0.479 e. The molecular formula is C17H12ClF5O6. The first kappa shape index (κ1) is 24.1. The Morgan fingerprint density at radius 3 is 2.03 bits per heavy atom. The predicted octanol–water partition coefficient (Wildman–Crippen LogP) is 4.22. The lowest BCUT2D eigenvalue weighted by molar-refractivity contribution is -0.211. The third kappa shape index (κ3) is 7.20. The van der Waals surface area contributed by atoms with Crippen LogP contribution < -0.4 is 4.74 Å². The molecule has 3 N–H and O–H groups in total. The highest BCUT2D eigenvalue weighted by molar-refractivity contribution is 6.31. The topological polar surface area (TPSA) is 104 Å². The molecule has 2 aromatic carbocycles. The Morgan fingerprint density at radius 1 is 0.966 bits per heavy atom. The van der Waals surface area contributed by atoms with Crippen LogP contribution in [0.5, 0.6) is 5.75 Å². The van der Waals surface area contributed by atoms with Crippen molar-refractivity contribution in [2.24, 2.45) is 0 Å². The van der Waals surface area contributed by atoms with E-state index in [2.05, 4.69) is 4.74 Å². The zero-order chi connectivity index (χ0) is 22.4. The van der Waals surface area contributed by atoms with Gasteiger partial charge < -0.3 is 20.1 Å². The maximum Gasteiger partial charge on any atom is 0.501 e. The summed E-state index contributed by atoms with van der Waals surface area (Å²) in [6.07, 6.45) is -10.8. The number of aliphatic carboxylic acids is 2. The molecule has 0 aromatic heterocycles. The summed E-state index contributed by atoms with van der Waals surface area (Å²) in [6, 6.07) is 8.85. The van der Waals surface area contributed by atoms with E-state index in [1.54, 1.807) is 12.1 Å². The summed E-state index contributed by atoms with van der Waals surface area (Å²) < 4.78 is 65.4. The standard InChI is InChI=1S/C9H5F5O3.C8H7ClO3/c10-8(11,12)5-2-1-3-6(4-5)17-9(13,14)7(15)16;9-6-4-2-1-3-5(6)7(10)8(11)12/h1-4H,(H,15,16);1-4,7,10H,(H,11,12). The fourth-order valence-electron chi connectivity index (χ4n) is 1.76. The molecule has 0 aliphatic heterocycles. The highest BCUT2D eigenvalue weighted by Crippen LogP contribution is 2.32. The molecule has 2 aromatic rings. The zero-order valence-corrected chi connectivity index (χ0v) is 14.8. The van der Waals surface area contributed by atoms with Gasteiger partial charge in [0, 0.05) is 10.6 Å². The van der Waals surface area contributed by atoms with Crippen LogP contribution in [0.3, 0.4) is 0 Å². The molecule has 0 radical (unpaired) electrons. The quantitative estimate of drug-likeness (QED) is 0.599. The molecule has 1 unspecified atom stereocenters. The summed E-state index contributed by atoms with van der Waals surface area (Å²) in [6.45, 7) is 0. The molecule has 1 atom stereocenters. The van der Waals surface area contributed by atoms with Crippen molar-refractivity contribution in [3.8, 4) is 5.75 Å². The van der Waals surface area contributed by atoms with Crippen LogP contribution in [-0.4, -0.2) is 33.4 Å². The molecular weight excluding hydrogens is 431 g/mol. The number of ether oxygens (including phenoxy) is 1. The molecule has 6 nitrogen and oxygen atoms in total. The molecule has 0 saturated carbocycles. The molecule has 158 valence electrons. The number of hydrogen-bond acceptors (Lipinski definition) is 4. The van der Waals surface area contributed by atoms with Gasteiger partial charge in [-0.25, -0.2) is 9.59 Å². The summed E-state index contributed by atoms with van der Waals surface area (Å²) in [5.74, 6) is -4.77. The number of carboxylic acids is 2. The summed E-state index contributed by atoms with van der Waals surface area (Å²) in [4.78, 5) is 20.4. The summed E-state index contributed by atoms with van der Waals surface area (Å²) in [7, 11) is 0. The van der Waals surface area contributed by atoms with Crippen molar-refractivity contribution in [2.75, 3.05) is 0 Å². The lowest BCUT2D eigenvalue weighted by atomic mass is 10.1. The molecule has 2 rings (SSSR count). The van der Waals surface area contributed by atoms with Gasteiger partial charge in [-0.05, 0) is 24.3 Å². The number of benzene rings is 2. The average Bonchev–Trinajstić information content (AvgIpc) is 2.61. The second kappa shape index (κ2) is 9.52. The molecule has 0 aliphatic rings. The summed E-state index contributed by atoms with van der Waals surface area (Å²) in [5, 5.41) is 25.8. The van der Waals surface area contributed by atoms with E-state index in [1.165, 1.54) is 12.1 Å². The van der Waals surface area contributed by atoms with E-state index in [1.807, 2.05) is 0 Å². The maximum absolute atomic E-state index is 12.6. The van der Waals surface area contributed by atoms with Crippen LogP contribution >= 0.6 is 11.6 Å². The van der Waals surface area contributed by atoms with Gasteiger partial charge in [-0.15, -0.1) is 0 Å². The second-order valence-corrected chi connectivity index (χ2v) is 5.62. The first-order valence-corrected chi connectivity index (χ1v) is 7.76. The lowest BCUT2D eigenvalue weighted by Gasteiger charge is -2.14. The highest BCUT2D eigenvalue weighted by Gasteiger charge is 2.42. The Labute approximate surface area is 164 Å². The SMILES string of the molecule is O=C(O)C(F)(F)Oc1cccc(C(F)(F)F)c1.O=C(O)C(O)c1ccccc1Cl. The predicted molar refractivity (Wildman–Crippen MR) is 88.7 cm³/mol. The monoisotopic (exact) mass is 442 g/mol. The van der Waals surface area contributed by atoms with Crippen molar-refractivity contribution in [3.63, 3.8) is 0 Å². The number of carboxylic acid groups (broad SMARTS) is 2. The van der Waals surface area contributed by atoms with E-state index in [0.29, 0.717) is 6.07 Å². The minimum absolute atomic E-state index is 0.215. The average molecular weight is 443 g/mol. The van der Waals surface area contributed by atoms with Gasteiger partial charge in [0.25, 0.3) is 0 Å². The first-order valence-electron chi connectivity index (χ1n) is 7.38. The number of hydrogen-bond donors (Lipinski definition) is 3. The third-order valence-corrected chi connectivity index (χ3v) is 3.43. The smallest absolute Gasteiger partial charge is 0.479 e. The van der Waals surface area contributed by atoms with Gasteiger partial charge in [-0.3, -0.25) is 0 Å². The fourth-order valence-corrected chi connectivity index (χ4v) is 2.00. The summed E-state index contributed by atoms with van der Waals surface area (Å²) in [5.41, 5.74) is -0.997. The molecule has 29 heavy (non-hydrogen) atoms. The van der Waals surface area contributed by atoms with Gasteiger partial charge >= 0.3 is 24.2 Å². The van der Waals surface area contributed by atoms with Crippen molar-refractivity contribution in [1.82, 2.24) is 0 Å². The normalized spacial score (nSPS) is 12.4. The molecule has 0 bridgehead atoms. The van der Waals surface area contributed by atoms with Crippen molar-refractivity contribution < 1.29 is 51.6 Å². The van der Waals surface area contributed by atoms with Crippen LogP contribution in [0, 0.1) is 0 Å². The number of carbonyl (C=O) groups is 2. The van der Waals surface area contributed by atoms with Crippen LogP contribution in [0.1, 0.15) is 17.2 Å². The number of halogens is 6. The van der Waals surface area contributed by atoms with Gasteiger partial charge in [-0.2, -0.15) is 22.0 Å². The van der Waals surface area contributed by atoms with Crippen molar-refractivity contribution in [3.05, 3.63) is 64.7 Å².